The van der Waals surface area contributed by atoms with Crippen LogP contribution in [0.4, 0.5) is 5.82 Å². The molecule has 0 atom stereocenters. The van der Waals surface area contributed by atoms with Gasteiger partial charge in [-0.05, 0) is 19.1 Å². The van der Waals surface area contributed by atoms with Crippen LogP contribution in [-0.2, 0) is 6.54 Å². The first-order valence-electron chi connectivity index (χ1n) is 4.27. The van der Waals surface area contributed by atoms with Crippen molar-refractivity contribution in [1.29, 1.82) is 0 Å². The highest BCUT2D eigenvalue weighted by molar-refractivity contribution is 5.31. The Morgan fingerprint density at radius 1 is 1.50 bits per heavy atom. The molecule has 2 rings (SSSR count). The number of nitrogens with one attached hydrogen (secondary N) is 1. The van der Waals surface area contributed by atoms with E-state index in [1.807, 2.05) is 19.1 Å². The van der Waals surface area contributed by atoms with Crippen molar-refractivity contribution < 1.29 is 4.42 Å². The molecule has 0 aliphatic heterocycles. The number of hydrogen-bond acceptors (Lipinski definition) is 5. The van der Waals surface area contributed by atoms with Gasteiger partial charge in [0.2, 0.25) is 5.89 Å². The quantitative estimate of drug-likeness (QED) is 0.792. The van der Waals surface area contributed by atoms with Gasteiger partial charge in [-0.3, -0.25) is 0 Å². The van der Waals surface area contributed by atoms with Crippen molar-refractivity contribution in [2.24, 2.45) is 0 Å². The first kappa shape index (κ1) is 8.68. The van der Waals surface area contributed by atoms with E-state index in [4.69, 9.17) is 4.42 Å². The second-order valence-corrected chi connectivity index (χ2v) is 2.83. The Morgan fingerprint density at radius 3 is 3.07 bits per heavy atom. The first-order chi connectivity index (χ1) is 6.84. The van der Waals surface area contributed by atoms with Gasteiger partial charge in [-0.15, -0.1) is 5.10 Å². The van der Waals surface area contributed by atoms with E-state index in [-0.39, 0.29) is 0 Å². The third-order valence-electron chi connectivity index (χ3n) is 1.66. The van der Waals surface area contributed by atoms with Crippen LogP contribution >= 0.6 is 0 Å². The number of anilines is 1. The van der Waals surface area contributed by atoms with E-state index in [1.165, 1.54) is 0 Å². The summed E-state index contributed by atoms with van der Waals surface area (Å²) in [6.45, 7) is 2.38. The van der Waals surface area contributed by atoms with Crippen LogP contribution in [0.3, 0.4) is 0 Å². The molecular weight excluding hydrogens is 180 g/mol. The minimum Gasteiger partial charge on any atom is -0.444 e. The molecule has 1 N–H and O–H groups in total. The van der Waals surface area contributed by atoms with Crippen molar-refractivity contribution in [3.05, 3.63) is 36.2 Å². The maximum atomic E-state index is 5.28. The number of oxazole rings is 1. The predicted molar refractivity (Wildman–Crippen MR) is 50.6 cm³/mol. The van der Waals surface area contributed by atoms with Crippen molar-refractivity contribution in [3.63, 3.8) is 0 Å². The minimum atomic E-state index is 0.520. The lowest BCUT2D eigenvalue weighted by atomic mass is 10.5. The second kappa shape index (κ2) is 3.87. The summed E-state index contributed by atoms with van der Waals surface area (Å²) in [5.41, 5.74) is 0. The van der Waals surface area contributed by atoms with Crippen LogP contribution in [0.25, 0.3) is 0 Å². The first-order valence-corrected chi connectivity index (χ1v) is 4.27. The zero-order valence-corrected chi connectivity index (χ0v) is 7.77. The van der Waals surface area contributed by atoms with E-state index >= 15 is 0 Å². The summed E-state index contributed by atoms with van der Waals surface area (Å²) in [7, 11) is 0. The van der Waals surface area contributed by atoms with Gasteiger partial charge in [-0.1, -0.05) is 0 Å². The van der Waals surface area contributed by atoms with Crippen LogP contribution < -0.4 is 5.32 Å². The van der Waals surface area contributed by atoms with Gasteiger partial charge in [0, 0.05) is 6.20 Å². The van der Waals surface area contributed by atoms with Gasteiger partial charge in [0.05, 0.1) is 12.7 Å². The van der Waals surface area contributed by atoms with Crippen molar-refractivity contribution in [1.82, 2.24) is 15.2 Å². The minimum absolute atomic E-state index is 0.520. The molecule has 72 valence electrons. The molecule has 2 aromatic heterocycles. The van der Waals surface area contributed by atoms with E-state index in [1.54, 1.807) is 12.4 Å². The number of hydrogen-bond donors (Lipinski definition) is 1. The Labute approximate surface area is 81.2 Å². The van der Waals surface area contributed by atoms with Crippen LogP contribution in [0.1, 0.15) is 11.7 Å². The lowest BCUT2D eigenvalue weighted by Crippen LogP contribution is -2.01. The molecule has 2 aromatic rings. The summed E-state index contributed by atoms with van der Waals surface area (Å²) < 4.78 is 5.28. The van der Waals surface area contributed by atoms with E-state index in [0.29, 0.717) is 18.3 Å². The zero-order chi connectivity index (χ0) is 9.80. The Balaban J connectivity index is 1.95. The van der Waals surface area contributed by atoms with Crippen molar-refractivity contribution in [3.8, 4) is 0 Å². The molecule has 0 saturated carbocycles. The maximum Gasteiger partial charge on any atom is 0.213 e. The summed E-state index contributed by atoms with van der Waals surface area (Å²) in [5, 5.41) is 10.7. The molecule has 0 aliphatic carbocycles. The molecule has 0 radical (unpaired) electrons. The van der Waals surface area contributed by atoms with Crippen LogP contribution in [0.5, 0.6) is 0 Å². The van der Waals surface area contributed by atoms with Crippen LogP contribution in [0.2, 0.25) is 0 Å². The number of aromatic nitrogens is 3. The van der Waals surface area contributed by atoms with E-state index in [0.717, 1.165) is 5.76 Å². The normalized spacial score (nSPS) is 10.1. The third kappa shape index (κ3) is 2.07. The standard InChI is InChI=1S/C9H10N4O/c1-7-5-11-9(14-7)6-10-8-3-2-4-12-13-8/h2-5H,6H2,1H3,(H,10,13). The molecule has 0 fully saturated rings. The molecule has 2 heterocycles. The van der Waals surface area contributed by atoms with E-state index < -0.39 is 0 Å². The monoisotopic (exact) mass is 190 g/mol. The van der Waals surface area contributed by atoms with Gasteiger partial charge in [0.25, 0.3) is 0 Å². The zero-order valence-electron chi connectivity index (χ0n) is 7.77. The molecule has 0 aromatic carbocycles. The molecule has 0 bridgehead atoms. The van der Waals surface area contributed by atoms with Crippen LogP contribution in [0, 0.1) is 6.92 Å². The fraction of sp³-hybridized carbons (Fsp3) is 0.222. The molecule has 14 heavy (non-hydrogen) atoms. The smallest absolute Gasteiger partial charge is 0.213 e. The van der Waals surface area contributed by atoms with Gasteiger partial charge >= 0.3 is 0 Å². The van der Waals surface area contributed by atoms with Crippen LogP contribution in [0.15, 0.2) is 28.9 Å². The highest BCUT2D eigenvalue weighted by atomic mass is 16.4. The van der Waals surface area contributed by atoms with Crippen molar-refractivity contribution in [2.45, 2.75) is 13.5 Å². The third-order valence-corrected chi connectivity index (χ3v) is 1.66. The molecule has 5 heteroatoms. The SMILES string of the molecule is Cc1cnc(CNc2cccnn2)o1. The number of aryl methyl sites for hydroxylation is 1. The van der Waals surface area contributed by atoms with E-state index in [2.05, 4.69) is 20.5 Å². The van der Waals surface area contributed by atoms with Gasteiger partial charge < -0.3 is 9.73 Å². The lowest BCUT2D eigenvalue weighted by molar-refractivity contribution is 0.478. The molecule has 0 aliphatic rings. The molecule has 0 amide bonds. The number of nitrogens with zero attached hydrogens (tertiary/aromatic N) is 3. The molecule has 0 saturated heterocycles. The average Bonchev–Trinajstić information content (AvgIpc) is 2.63. The fourth-order valence-electron chi connectivity index (χ4n) is 1.05. The van der Waals surface area contributed by atoms with Gasteiger partial charge in [0.1, 0.15) is 11.6 Å². The van der Waals surface area contributed by atoms with Gasteiger partial charge in [-0.25, -0.2) is 4.98 Å². The Morgan fingerprint density at radius 2 is 2.43 bits per heavy atom. The largest absolute Gasteiger partial charge is 0.444 e. The summed E-state index contributed by atoms with van der Waals surface area (Å²) >= 11 is 0. The lowest BCUT2D eigenvalue weighted by Gasteiger charge is -1.99. The average molecular weight is 190 g/mol. The Bertz CT molecular complexity index is 398. The van der Waals surface area contributed by atoms with Gasteiger partial charge in [-0.2, -0.15) is 5.10 Å². The summed E-state index contributed by atoms with van der Waals surface area (Å²) in [6, 6.07) is 3.65. The van der Waals surface area contributed by atoms with Crippen molar-refractivity contribution in [2.75, 3.05) is 5.32 Å². The maximum absolute atomic E-state index is 5.28. The van der Waals surface area contributed by atoms with E-state index in [9.17, 15) is 0 Å². The molecule has 5 nitrogen and oxygen atoms in total. The fourth-order valence-corrected chi connectivity index (χ4v) is 1.05. The highest BCUT2D eigenvalue weighted by Crippen LogP contribution is 2.04. The summed E-state index contributed by atoms with van der Waals surface area (Å²) in [4.78, 5) is 4.05. The second-order valence-electron chi connectivity index (χ2n) is 2.83. The number of rotatable bonds is 3. The molecular formula is C9H10N4O. The molecule has 0 spiro atoms. The predicted octanol–water partition coefficient (Wildman–Crippen LogP) is 1.39. The topological polar surface area (TPSA) is 63.8 Å². The van der Waals surface area contributed by atoms with Crippen LogP contribution in [-0.4, -0.2) is 15.2 Å². The summed E-state index contributed by atoms with van der Waals surface area (Å²) in [5.74, 6) is 2.16. The van der Waals surface area contributed by atoms with Gasteiger partial charge in [0.15, 0.2) is 0 Å². The molecule has 0 unspecified atom stereocenters. The Kier molecular flexibility index (Phi) is 2.40. The highest BCUT2D eigenvalue weighted by Gasteiger charge is 1.99. The summed E-state index contributed by atoms with van der Waals surface area (Å²) in [6.07, 6.45) is 3.31. The Hall–Kier alpha value is -1.91. The van der Waals surface area contributed by atoms with Crippen molar-refractivity contribution >= 4 is 5.82 Å².